The van der Waals surface area contributed by atoms with Gasteiger partial charge < -0.3 is 24.0 Å². The fourth-order valence-corrected chi connectivity index (χ4v) is 6.98. The zero-order valence-electron chi connectivity index (χ0n) is 23.9. The number of carboxylic acid groups (broad SMARTS) is 1. The first-order valence-corrected chi connectivity index (χ1v) is 15.5. The fraction of sp³-hybridized carbons (Fsp3) is 0.467. The van der Waals surface area contributed by atoms with Gasteiger partial charge in [0.15, 0.2) is 27.5 Å². The van der Waals surface area contributed by atoms with E-state index in [1.54, 1.807) is 39.0 Å². The molecule has 1 aromatic heterocycles. The van der Waals surface area contributed by atoms with E-state index < -0.39 is 38.9 Å². The topological polar surface area (TPSA) is 115 Å². The van der Waals surface area contributed by atoms with Crippen molar-refractivity contribution in [1.29, 1.82) is 0 Å². The van der Waals surface area contributed by atoms with Gasteiger partial charge in [0.05, 0.1) is 29.4 Å². The van der Waals surface area contributed by atoms with Crippen molar-refractivity contribution in [3.8, 4) is 16.9 Å². The van der Waals surface area contributed by atoms with E-state index in [4.69, 9.17) is 9.47 Å². The molecule has 3 aromatic rings. The number of carbonyl (C=O) groups is 1. The lowest BCUT2D eigenvalue weighted by Gasteiger charge is -2.31. The maximum Gasteiger partial charge on any atom is 0.339 e. The van der Waals surface area contributed by atoms with Crippen LogP contribution in [0.25, 0.3) is 21.9 Å². The molecule has 220 valence electrons. The summed E-state index contributed by atoms with van der Waals surface area (Å²) in [5.74, 6) is -1.58. The molecule has 3 heterocycles. The fourth-order valence-electron chi connectivity index (χ4n) is 5.77. The lowest BCUT2D eigenvalue weighted by Crippen LogP contribution is -2.40. The average molecular weight is 587 g/mol. The van der Waals surface area contributed by atoms with Gasteiger partial charge in [-0.1, -0.05) is 6.07 Å². The Hall–Kier alpha value is -3.44. The summed E-state index contributed by atoms with van der Waals surface area (Å²) in [4.78, 5) is 28.4. The molecule has 11 heteroatoms. The summed E-state index contributed by atoms with van der Waals surface area (Å²) in [6.45, 7) is 8.06. The van der Waals surface area contributed by atoms with Crippen molar-refractivity contribution in [3.05, 3.63) is 57.3 Å². The lowest BCUT2D eigenvalue weighted by atomic mass is 9.87. The highest BCUT2D eigenvalue weighted by Crippen LogP contribution is 2.43. The monoisotopic (exact) mass is 586 g/mol. The number of halogens is 1. The molecule has 2 aliphatic rings. The van der Waals surface area contributed by atoms with Gasteiger partial charge in [-0.05, 0) is 75.2 Å². The van der Waals surface area contributed by atoms with E-state index in [0.29, 0.717) is 59.3 Å². The van der Waals surface area contributed by atoms with E-state index >= 15 is 4.39 Å². The Morgan fingerprint density at radius 2 is 1.83 bits per heavy atom. The van der Waals surface area contributed by atoms with Crippen LogP contribution in [0.1, 0.15) is 50.1 Å². The van der Waals surface area contributed by atoms with Crippen LogP contribution in [0, 0.1) is 12.7 Å². The van der Waals surface area contributed by atoms with Crippen molar-refractivity contribution >= 4 is 32.3 Å². The second kappa shape index (κ2) is 10.4. The number of aromatic nitrogens is 1. The van der Waals surface area contributed by atoms with Crippen LogP contribution in [-0.4, -0.2) is 60.9 Å². The molecule has 2 aromatic carbocycles. The Kier molecular flexibility index (Phi) is 7.40. The molecule has 0 amide bonds. The van der Waals surface area contributed by atoms with Gasteiger partial charge >= 0.3 is 5.97 Å². The van der Waals surface area contributed by atoms with Gasteiger partial charge in [0.25, 0.3) is 5.56 Å². The summed E-state index contributed by atoms with van der Waals surface area (Å²) >= 11 is 0. The number of benzene rings is 2. The van der Waals surface area contributed by atoms with Crippen LogP contribution in [0.4, 0.5) is 10.1 Å². The minimum absolute atomic E-state index is 0.0212. The maximum atomic E-state index is 15.5. The molecule has 0 bridgehead atoms. The number of anilines is 1. The summed E-state index contributed by atoms with van der Waals surface area (Å²) in [6, 6.07) is 6.58. The van der Waals surface area contributed by atoms with E-state index in [9.17, 15) is 23.1 Å². The molecule has 0 radical (unpaired) electrons. The molecular formula is C30H35FN2O7S. The number of hydrogen-bond acceptors (Lipinski definition) is 7. The Labute approximate surface area is 238 Å². The summed E-state index contributed by atoms with van der Waals surface area (Å²) < 4.78 is 52.4. The largest absolute Gasteiger partial charge is 0.490 e. The zero-order valence-corrected chi connectivity index (χ0v) is 24.7. The first-order chi connectivity index (χ1) is 19.2. The van der Waals surface area contributed by atoms with Crippen molar-refractivity contribution in [3.63, 3.8) is 0 Å². The number of aliphatic carboxylic acids is 1. The average Bonchev–Trinajstić information content (AvgIpc) is 2.91. The molecule has 2 aliphatic heterocycles. The third-order valence-corrected chi connectivity index (χ3v) is 9.39. The Morgan fingerprint density at radius 1 is 1.15 bits per heavy atom. The molecule has 0 unspecified atom stereocenters. The number of pyridine rings is 1. The quantitative estimate of drug-likeness (QED) is 0.474. The normalized spacial score (nSPS) is 17.7. The number of carboxylic acids is 1. The highest BCUT2D eigenvalue weighted by Gasteiger charge is 2.34. The van der Waals surface area contributed by atoms with Crippen molar-refractivity contribution < 1.29 is 32.2 Å². The predicted molar refractivity (Wildman–Crippen MR) is 155 cm³/mol. The maximum absolute atomic E-state index is 15.5. The predicted octanol–water partition coefficient (Wildman–Crippen LogP) is 4.15. The van der Waals surface area contributed by atoms with Gasteiger partial charge in [-0.3, -0.25) is 4.79 Å². The molecule has 5 rings (SSSR count). The van der Waals surface area contributed by atoms with Gasteiger partial charge in [0, 0.05) is 42.3 Å². The minimum atomic E-state index is -3.10. The van der Waals surface area contributed by atoms with E-state index in [2.05, 4.69) is 0 Å². The van der Waals surface area contributed by atoms with Gasteiger partial charge in [-0.15, -0.1) is 0 Å². The SMILES string of the molecule is Cc1c(-c2c([C@H](OC(C)(C)C)C(=O)O)n(C)c(=O)c3cc(N4CCS(=O)(=O)CC4)ccc23)cc(F)c2c1CCCO2. The van der Waals surface area contributed by atoms with E-state index in [1.807, 2.05) is 11.8 Å². The molecule has 1 N–H and O–H groups in total. The number of hydrogen-bond donors (Lipinski definition) is 1. The molecule has 41 heavy (non-hydrogen) atoms. The van der Waals surface area contributed by atoms with Crippen molar-refractivity contribution in [1.82, 2.24) is 4.57 Å². The van der Waals surface area contributed by atoms with Gasteiger partial charge in [-0.25, -0.2) is 17.6 Å². The standard InChI is InChI=1S/C30H35FN2O7S/c1-17-19-7-6-12-39-26(19)23(31)16-21(17)24-20-9-8-18(33-10-13-41(37,38)14-11-33)15-22(20)28(34)32(5)25(24)27(29(35)36)40-30(2,3)4/h8-9,15-16,27H,6-7,10-14H2,1-5H3,(H,35,36)/t27-/m0/s1. The van der Waals surface area contributed by atoms with Crippen LogP contribution in [0.5, 0.6) is 5.75 Å². The second-order valence-electron chi connectivity index (χ2n) is 11.7. The van der Waals surface area contributed by atoms with Gasteiger partial charge in [0.1, 0.15) is 0 Å². The van der Waals surface area contributed by atoms with Crippen LogP contribution in [0.2, 0.25) is 0 Å². The van der Waals surface area contributed by atoms with Crippen molar-refractivity contribution in [2.45, 2.75) is 52.2 Å². The Morgan fingerprint density at radius 3 is 2.46 bits per heavy atom. The molecular weight excluding hydrogens is 551 g/mol. The number of rotatable bonds is 5. The number of nitrogens with zero attached hydrogens (tertiary/aromatic N) is 2. The number of ether oxygens (including phenoxy) is 2. The molecule has 0 spiro atoms. The third-order valence-electron chi connectivity index (χ3n) is 7.78. The highest BCUT2D eigenvalue weighted by molar-refractivity contribution is 7.91. The molecule has 0 saturated carbocycles. The van der Waals surface area contributed by atoms with Gasteiger partial charge in [-0.2, -0.15) is 0 Å². The zero-order chi connectivity index (χ0) is 29.9. The summed E-state index contributed by atoms with van der Waals surface area (Å²) in [5, 5.41) is 11.1. The Balaban J connectivity index is 1.83. The first kappa shape index (κ1) is 29.1. The van der Waals surface area contributed by atoms with Crippen LogP contribution in [0.3, 0.4) is 0 Å². The third kappa shape index (κ3) is 5.44. The minimum Gasteiger partial charge on any atom is -0.490 e. The lowest BCUT2D eigenvalue weighted by molar-refractivity contribution is -0.161. The summed E-state index contributed by atoms with van der Waals surface area (Å²) in [5.41, 5.74) is 1.81. The Bertz CT molecular complexity index is 1710. The van der Waals surface area contributed by atoms with Crippen LogP contribution in [-0.2, 0) is 32.8 Å². The van der Waals surface area contributed by atoms with Crippen molar-refractivity contribution in [2.75, 3.05) is 36.1 Å². The molecule has 1 saturated heterocycles. The van der Waals surface area contributed by atoms with Crippen LogP contribution >= 0.6 is 0 Å². The molecule has 0 aliphatic carbocycles. The highest BCUT2D eigenvalue weighted by atomic mass is 32.2. The smallest absolute Gasteiger partial charge is 0.339 e. The molecule has 9 nitrogen and oxygen atoms in total. The number of fused-ring (bicyclic) bond motifs is 2. The second-order valence-corrected chi connectivity index (χ2v) is 14.0. The number of sulfone groups is 1. The first-order valence-electron chi connectivity index (χ1n) is 13.7. The van der Waals surface area contributed by atoms with Gasteiger partial charge in [0.2, 0.25) is 0 Å². The molecule has 1 fully saturated rings. The van der Waals surface area contributed by atoms with Crippen LogP contribution in [0.15, 0.2) is 29.1 Å². The summed E-state index contributed by atoms with van der Waals surface area (Å²) in [6.07, 6.45) is -0.195. The van der Waals surface area contributed by atoms with E-state index in [0.717, 1.165) is 12.0 Å². The van der Waals surface area contributed by atoms with E-state index in [1.165, 1.54) is 17.7 Å². The van der Waals surface area contributed by atoms with E-state index in [-0.39, 0.29) is 22.9 Å². The molecule has 1 atom stereocenters. The summed E-state index contributed by atoms with van der Waals surface area (Å²) in [7, 11) is -1.61. The van der Waals surface area contributed by atoms with Crippen molar-refractivity contribution in [2.24, 2.45) is 7.05 Å². The van der Waals surface area contributed by atoms with Crippen LogP contribution < -0.4 is 15.2 Å².